The van der Waals surface area contributed by atoms with Crippen molar-refractivity contribution in [3.8, 4) is 0 Å². The van der Waals surface area contributed by atoms with Gasteiger partial charge in [0.25, 0.3) is 0 Å². The molecular weight excluding hydrogens is 377 g/mol. The Labute approximate surface area is 157 Å². The Kier molecular flexibility index (Phi) is 5.21. The van der Waals surface area contributed by atoms with Crippen LogP contribution in [0, 0.1) is 17.5 Å². The lowest BCUT2D eigenvalue weighted by Crippen LogP contribution is -2.45. The van der Waals surface area contributed by atoms with Gasteiger partial charge in [0.15, 0.2) is 0 Å². The van der Waals surface area contributed by atoms with E-state index in [4.69, 9.17) is 5.73 Å². The maximum atomic E-state index is 14.4. The van der Waals surface area contributed by atoms with Crippen molar-refractivity contribution in [3.05, 3.63) is 65.0 Å². The summed E-state index contributed by atoms with van der Waals surface area (Å²) < 4.78 is 41.7. The summed E-state index contributed by atoms with van der Waals surface area (Å²) in [5, 5.41) is 7.18. The molecule has 1 heterocycles. The molecule has 0 bridgehead atoms. The van der Waals surface area contributed by atoms with E-state index in [1.807, 2.05) is 0 Å². The van der Waals surface area contributed by atoms with Gasteiger partial charge in [0.05, 0.1) is 0 Å². The van der Waals surface area contributed by atoms with Gasteiger partial charge in [-0.1, -0.05) is 0 Å². The number of rotatable bonds is 4. The Morgan fingerprint density at radius 3 is 2.25 bits per heavy atom. The summed E-state index contributed by atoms with van der Waals surface area (Å²) in [4.78, 5) is 35.3. The maximum absolute atomic E-state index is 14.4. The van der Waals surface area contributed by atoms with Crippen LogP contribution in [0.15, 0.2) is 36.4 Å². The van der Waals surface area contributed by atoms with Gasteiger partial charge in [-0.2, -0.15) is 0 Å². The van der Waals surface area contributed by atoms with Gasteiger partial charge in [-0.3, -0.25) is 9.59 Å². The summed E-state index contributed by atoms with van der Waals surface area (Å²) >= 11 is 0. The van der Waals surface area contributed by atoms with E-state index in [0.717, 1.165) is 24.3 Å². The van der Waals surface area contributed by atoms with E-state index in [2.05, 4.69) is 16.0 Å². The van der Waals surface area contributed by atoms with Gasteiger partial charge in [0.2, 0.25) is 11.8 Å². The molecule has 2 aromatic rings. The van der Waals surface area contributed by atoms with Crippen LogP contribution in [0.5, 0.6) is 0 Å². The number of amides is 4. The average Bonchev–Trinajstić information content (AvgIpc) is 2.97. The summed E-state index contributed by atoms with van der Waals surface area (Å²) in [7, 11) is 0. The highest BCUT2D eigenvalue weighted by molar-refractivity contribution is 5.95. The molecule has 7 nitrogen and oxygen atoms in total. The number of halogens is 3. The molecule has 3 rings (SSSR count). The molecule has 1 fully saturated rings. The first-order valence-electron chi connectivity index (χ1n) is 8.16. The van der Waals surface area contributed by atoms with Crippen LogP contribution in [0.25, 0.3) is 0 Å². The highest BCUT2D eigenvalue weighted by Gasteiger charge is 2.40. The number of hydrogen-bond acceptors (Lipinski definition) is 3. The van der Waals surface area contributed by atoms with E-state index in [1.54, 1.807) is 0 Å². The fraction of sp³-hybridized carbons (Fsp3) is 0.167. The van der Waals surface area contributed by atoms with E-state index in [9.17, 15) is 27.6 Å². The second-order valence-electron chi connectivity index (χ2n) is 6.15. The van der Waals surface area contributed by atoms with E-state index in [0.29, 0.717) is 0 Å². The number of nitrogens with one attached hydrogen (secondary N) is 3. The van der Waals surface area contributed by atoms with Crippen molar-refractivity contribution >= 4 is 23.5 Å². The zero-order valence-corrected chi connectivity index (χ0v) is 14.3. The van der Waals surface area contributed by atoms with Crippen LogP contribution in [0.1, 0.15) is 21.8 Å². The Morgan fingerprint density at radius 2 is 1.68 bits per heavy atom. The van der Waals surface area contributed by atoms with Gasteiger partial charge in [0, 0.05) is 29.3 Å². The lowest BCUT2D eigenvalue weighted by Gasteiger charge is -2.20. The summed E-state index contributed by atoms with van der Waals surface area (Å²) in [5.41, 5.74) is 4.49. The third-order valence-electron chi connectivity index (χ3n) is 4.30. The van der Waals surface area contributed by atoms with Crippen molar-refractivity contribution in [1.82, 2.24) is 10.6 Å². The van der Waals surface area contributed by atoms with Crippen LogP contribution in [0.4, 0.5) is 23.7 Å². The van der Waals surface area contributed by atoms with Crippen LogP contribution in [0.2, 0.25) is 0 Å². The van der Waals surface area contributed by atoms with Gasteiger partial charge in [-0.05, 0) is 36.4 Å². The number of anilines is 1. The molecule has 0 spiro atoms. The molecule has 2 aromatic carbocycles. The van der Waals surface area contributed by atoms with Gasteiger partial charge < -0.3 is 21.7 Å². The lowest BCUT2D eigenvalue weighted by atomic mass is 9.92. The Morgan fingerprint density at radius 1 is 1.07 bits per heavy atom. The zero-order valence-electron chi connectivity index (χ0n) is 14.3. The molecule has 1 aliphatic rings. The van der Waals surface area contributed by atoms with Crippen molar-refractivity contribution in [2.24, 2.45) is 5.73 Å². The summed E-state index contributed by atoms with van der Waals surface area (Å²) in [5.74, 6) is -5.28. The second-order valence-corrected chi connectivity index (χ2v) is 6.15. The van der Waals surface area contributed by atoms with Gasteiger partial charge >= 0.3 is 6.03 Å². The summed E-state index contributed by atoms with van der Waals surface area (Å²) in [6.45, 7) is -0.121. The quantitative estimate of drug-likeness (QED) is 0.634. The van der Waals surface area contributed by atoms with E-state index in [-0.39, 0.29) is 17.8 Å². The second kappa shape index (κ2) is 7.59. The van der Waals surface area contributed by atoms with Crippen LogP contribution < -0.4 is 21.7 Å². The minimum Gasteiger partial charge on any atom is -0.366 e. The predicted molar refractivity (Wildman–Crippen MR) is 93.0 cm³/mol. The van der Waals surface area contributed by atoms with Crippen molar-refractivity contribution in [1.29, 1.82) is 0 Å². The highest BCUT2D eigenvalue weighted by atomic mass is 19.1. The number of urea groups is 1. The van der Waals surface area contributed by atoms with Crippen LogP contribution in [-0.2, 0) is 4.79 Å². The van der Waals surface area contributed by atoms with Crippen LogP contribution in [-0.4, -0.2) is 30.4 Å². The SMILES string of the molecule is NC(=O)c1cc(F)c(C2CNC(=O)C2NC(=O)Nc2ccc(F)cc2)c(F)c1. The zero-order chi connectivity index (χ0) is 20.4. The lowest BCUT2D eigenvalue weighted by molar-refractivity contribution is -0.120. The molecule has 0 aromatic heterocycles. The van der Waals surface area contributed by atoms with Crippen molar-refractivity contribution in [2.75, 3.05) is 11.9 Å². The number of benzene rings is 2. The molecule has 2 unspecified atom stereocenters. The van der Waals surface area contributed by atoms with Gasteiger partial charge in [-0.25, -0.2) is 18.0 Å². The third kappa shape index (κ3) is 3.90. The topological polar surface area (TPSA) is 113 Å². The van der Waals surface area contributed by atoms with Gasteiger partial charge in [-0.15, -0.1) is 0 Å². The number of primary amides is 1. The molecule has 2 atom stereocenters. The molecule has 5 N–H and O–H groups in total. The van der Waals surface area contributed by atoms with Gasteiger partial charge in [0.1, 0.15) is 23.5 Å². The molecule has 0 radical (unpaired) electrons. The maximum Gasteiger partial charge on any atom is 0.319 e. The Hall–Kier alpha value is -3.56. The molecule has 146 valence electrons. The number of carbonyl (C=O) groups excluding carboxylic acids is 3. The minimum absolute atomic E-state index is 0.121. The fourth-order valence-electron chi connectivity index (χ4n) is 2.98. The first-order valence-corrected chi connectivity index (χ1v) is 8.16. The average molecular weight is 392 g/mol. The molecule has 1 saturated heterocycles. The standard InChI is InChI=1S/C18H15F3N4O3/c19-9-1-3-10(4-2-9)24-18(28)25-15-11(7-23-17(15)27)14-12(20)5-8(16(22)26)6-13(14)21/h1-6,11,15H,7H2,(H2,22,26)(H,23,27)(H2,24,25,28). The molecule has 28 heavy (non-hydrogen) atoms. The number of carbonyl (C=O) groups is 3. The highest BCUT2D eigenvalue weighted by Crippen LogP contribution is 2.29. The molecule has 4 amide bonds. The van der Waals surface area contributed by atoms with Crippen LogP contribution >= 0.6 is 0 Å². The number of nitrogens with two attached hydrogens (primary N) is 1. The monoisotopic (exact) mass is 392 g/mol. The van der Waals surface area contributed by atoms with E-state index < -0.39 is 52.8 Å². The summed E-state index contributed by atoms with van der Waals surface area (Å²) in [6.07, 6.45) is 0. The molecule has 0 saturated carbocycles. The van der Waals surface area contributed by atoms with Crippen molar-refractivity contribution < 1.29 is 27.6 Å². The van der Waals surface area contributed by atoms with Crippen molar-refractivity contribution in [2.45, 2.75) is 12.0 Å². The molecule has 10 heteroatoms. The minimum atomic E-state index is -1.26. The predicted octanol–water partition coefficient (Wildman–Crippen LogP) is 1.61. The number of hydrogen-bond donors (Lipinski definition) is 4. The van der Waals surface area contributed by atoms with Crippen molar-refractivity contribution in [3.63, 3.8) is 0 Å². The van der Waals surface area contributed by atoms with E-state index in [1.165, 1.54) is 12.1 Å². The molecule has 0 aliphatic carbocycles. The fourth-order valence-corrected chi connectivity index (χ4v) is 2.98. The largest absolute Gasteiger partial charge is 0.366 e. The van der Waals surface area contributed by atoms with E-state index >= 15 is 0 Å². The third-order valence-corrected chi connectivity index (χ3v) is 4.30. The normalized spacial score (nSPS) is 18.5. The Balaban J connectivity index is 1.81. The first kappa shape index (κ1) is 19.2. The Bertz CT molecular complexity index is 927. The first-order chi connectivity index (χ1) is 13.3. The summed E-state index contributed by atoms with van der Waals surface area (Å²) in [6, 6.07) is 4.36. The smallest absolute Gasteiger partial charge is 0.319 e. The van der Waals surface area contributed by atoms with Crippen LogP contribution in [0.3, 0.4) is 0 Å². The molecule has 1 aliphatic heterocycles. The molecular formula is C18H15F3N4O3.